The number of benzene rings is 1. The molecule has 0 radical (unpaired) electrons. The minimum Gasteiger partial charge on any atom is -0.497 e. The minimum atomic E-state index is -1.32. The summed E-state index contributed by atoms with van der Waals surface area (Å²) < 4.78 is 22.0. The molecule has 2 fully saturated rings. The van der Waals surface area contributed by atoms with Crippen molar-refractivity contribution in [2.45, 2.75) is 43.9 Å². The van der Waals surface area contributed by atoms with E-state index in [9.17, 15) is 15.0 Å². The van der Waals surface area contributed by atoms with Crippen LogP contribution >= 0.6 is 0 Å². The van der Waals surface area contributed by atoms with Crippen LogP contribution in [0.4, 0.5) is 0 Å². The Hall–Kier alpha value is -1.71. The first-order valence-corrected chi connectivity index (χ1v) is 7.69. The minimum absolute atomic E-state index is 0.155. The second-order valence-electron chi connectivity index (χ2n) is 5.82. The molecule has 2 aliphatic rings. The fraction of sp³-hybridized carbons (Fsp3) is 0.562. The van der Waals surface area contributed by atoms with Crippen molar-refractivity contribution < 1.29 is 34.0 Å². The van der Waals surface area contributed by atoms with Crippen LogP contribution in [0.15, 0.2) is 24.3 Å². The number of aliphatic hydroxyl groups is 2. The Morgan fingerprint density at radius 2 is 1.96 bits per heavy atom. The number of ether oxygens (including phenoxy) is 4. The number of hydrogen-bond acceptors (Lipinski definition) is 7. The highest BCUT2D eigenvalue weighted by Crippen LogP contribution is 2.34. The first kappa shape index (κ1) is 17.1. The highest BCUT2D eigenvalue weighted by Gasteiger charge is 2.49. The summed E-state index contributed by atoms with van der Waals surface area (Å²) in [4.78, 5) is 11.2. The van der Waals surface area contributed by atoms with Gasteiger partial charge >= 0.3 is 0 Å². The molecule has 0 aliphatic carbocycles. The first-order valence-electron chi connectivity index (χ1n) is 7.69. The predicted octanol–water partition coefficient (Wildman–Crippen LogP) is -0.308. The Bertz CT molecular complexity index is 578. The lowest BCUT2D eigenvalue weighted by Crippen LogP contribution is -2.66. The van der Waals surface area contributed by atoms with Gasteiger partial charge in [-0.1, -0.05) is 12.1 Å². The number of aliphatic hydroxyl groups excluding tert-OH is 2. The lowest BCUT2D eigenvalue weighted by atomic mass is 9.96. The van der Waals surface area contributed by atoms with Crippen molar-refractivity contribution in [2.75, 3.05) is 13.7 Å². The Kier molecular flexibility index (Phi) is 5.02. The maximum absolute atomic E-state index is 11.2. The lowest BCUT2D eigenvalue weighted by Gasteiger charge is -2.46. The standard InChI is InChI=1S/C16H21NO7/c1-8(18)17-12-13(19)14-11(23-15(12)20)7-22-16(24-14)9-3-5-10(21-2)6-4-9/h3-6,11-16,19-20H,7H2,1-2H3,(H,17,18)/t11-,12-,13-,14-,15+,16+/m1/s1. The Labute approximate surface area is 139 Å². The highest BCUT2D eigenvalue weighted by molar-refractivity contribution is 5.73. The SMILES string of the molecule is COc1ccc([C@H]2OC[C@H]3O[C@H](O)[C@H](NC(C)=O)[C@@H](O)[C@@H]3O2)cc1. The zero-order valence-corrected chi connectivity index (χ0v) is 13.4. The van der Waals surface area contributed by atoms with E-state index >= 15 is 0 Å². The molecule has 0 spiro atoms. The largest absolute Gasteiger partial charge is 0.497 e. The van der Waals surface area contributed by atoms with Crippen LogP contribution in [-0.2, 0) is 19.0 Å². The number of fused-ring (bicyclic) bond motifs is 1. The predicted molar refractivity (Wildman–Crippen MR) is 81.1 cm³/mol. The smallest absolute Gasteiger partial charge is 0.217 e. The Morgan fingerprint density at radius 1 is 1.25 bits per heavy atom. The van der Waals surface area contributed by atoms with Gasteiger partial charge in [0.1, 0.15) is 30.1 Å². The summed E-state index contributed by atoms with van der Waals surface area (Å²) in [5, 5.41) is 22.9. The van der Waals surface area contributed by atoms with Crippen LogP contribution in [0.1, 0.15) is 18.8 Å². The van der Waals surface area contributed by atoms with Gasteiger partial charge in [0.2, 0.25) is 5.91 Å². The Morgan fingerprint density at radius 3 is 2.58 bits per heavy atom. The monoisotopic (exact) mass is 339 g/mol. The zero-order chi connectivity index (χ0) is 17.3. The number of rotatable bonds is 3. The molecular weight excluding hydrogens is 318 g/mol. The molecule has 3 rings (SSSR count). The lowest BCUT2D eigenvalue weighted by molar-refractivity contribution is -0.337. The van der Waals surface area contributed by atoms with E-state index in [4.69, 9.17) is 18.9 Å². The van der Waals surface area contributed by atoms with Gasteiger partial charge in [0.15, 0.2) is 12.6 Å². The van der Waals surface area contributed by atoms with Crippen molar-refractivity contribution in [1.29, 1.82) is 0 Å². The van der Waals surface area contributed by atoms with E-state index in [2.05, 4.69) is 5.32 Å². The van der Waals surface area contributed by atoms with Crippen molar-refractivity contribution >= 4 is 5.91 Å². The summed E-state index contributed by atoms with van der Waals surface area (Å²) >= 11 is 0. The molecule has 3 N–H and O–H groups in total. The van der Waals surface area contributed by atoms with Gasteiger partial charge in [-0.25, -0.2) is 0 Å². The second kappa shape index (κ2) is 7.04. The van der Waals surface area contributed by atoms with Crippen molar-refractivity contribution in [1.82, 2.24) is 5.32 Å². The van der Waals surface area contributed by atoms with Crippen LogP contribution in [0.5, 0.6) is 5.75 Å². The van der Waals surface area contributed by atoms with E-state index in [1.54, 1.807) is 31.4 Å². The molecule has 1 aromatic carbocycles. The number of amides is 1. The van der Waals surface area contributed by atoms with Crippen LogP contribution in [0.25, 0.3) is 0 Å². The highest BCUT2D eigenvalue weighted by atomic mass is 16.7. The van der Waals surface area contributed by atoms with E-state index in [0.717, 1.165) is 5.56 Å². The van der Waals surface area contributed by atoms with Crippen molar-refractivity contribution in [3.8, 4) is 5.75 Å². The normalized spacial score (nSPS) is 35.8. The first-order chi connectivity index (χ1) is 11.5. The summed E-state index contributed by atoms with van der Waals surface area (Å²) in [6.07, 6.45) is -4.47. The molecule has 0 bridgehead atoms. The number of methoxy groups -OCH3 is 1. The molecule has 0 saturated carbocycles. The number of carbonyl (C=O) groups is 1. The maximum atomic E-state index is 11.2. The molecule has 6 atom stereocenters. The van der Waals surface area contributed by atoms with Gasteiger partial charge in [-0.15, -0.1) is 0 Å². The number of hydrogen-bond donors (Lipinski definition) is 3. The van der Waals surface area contributed by atoms with Crippen LogP contribution in [0, 0.1) is 0 Å². The van der Waals surface area contributed by atoms with Crippen LogP contribution in [0.2, 0.25) is 0 Å². The number of nitrogens with one attached hydrogen (secondary N) is 1. The molecule has 8 heteroatoms. The summed E-state index contributed by atoms with van der Waals surface area (Å²) in [5.41, 5.74) is 0.767. The van der Waals surface area contributed by atoms with E-state index in [-0.39, 0.29) is 12.5 Å². The van der Waals surface area contributed by atoms with Crippen LogP contribution in [-0.4, -0.2) is 60.5 Å². The van der Waals surface area contributed by atoms with Gasteiger partial charge in [0.05, 0.1) is 13.7 Å². The van der Waals surface area contributed by atoms with E-state index in [1.807, 2.05) is 0 Å². The summed E-state index contributed by atoms with van der Waals surface area (Å²) in [5.74, 6) is 0.334. The fourth-order valence-corrected chi connectivity index (χ4v) is 2.93. The van der Waals surface area contributed by atoms with E-state index < -0.39 is 36.9 Å². The third-order valence-electron chi connectivity index (χ3n) is 4.14. The maximum Gasteiger partial charge on any atom is 0.217 e. The van der Waals surface area contributed by atoms with Gasteiger partial charge in [-0.05, 0) is 12.1 Å². The third kappa shape index (κ3) is 3.38. The van der Waals surface area contributed by atoms with Crippen molar-refractivity contribution in [3.63, 3.8) is 0 Å². The molecule has 2 saturated heterocycles. The van der Waals surface area contributed by atoms with E-state index in [0.29, 0.717) is 5.75 Å². The third-order valence-corrected chi connectivity index (χ3v) is 4.14. The molecule has 132 valence electrons. The quantitative estimate of drug-likeness (QED) is 0.694. The van der Waals surface area contributed by atoms with Gasteiger partial charge < -0.3 is 34.5 Å². The van der Waals surface area contributed by atoms with E-state index in [1.165, 1.54) is 6.92 Å². The topological polar surface area (TPSA) is 106 Å². The molecule has 2 heterocycles. The van der Waals surface area contributed by atoms with Crippen molar-refractivity contribution in [3.05, 3.63) is 29.8 Å². The van der Waals surface area contributed by atoms with Crippen LogP contribution in [0.3, 0.4) is 0 Å². The molecular formula is C16H21NO7. The second-order valence-corrected chi connectivity index (χ2v) is 5.82. The number of carbonyl (C=O) groups excluding carboxylic acids is 1. The average Bonchev–Trinajstić information content (AvgIpc) is 2.58. The van der Waals surface area contributed by atoms with Gasteiger partial charge in [-0.3, -0.25) is 4.79 Å². The summed E-state index contributed by atoms with van der Waals surface area (Å²) in [6.45, 7) is 1.46. The van der Waals surface area contributed by atoms with Gasteiger partial charge in [0.25, 0.3) is 0 Å². The molecule has 1 amide bonds. The van der Waals surface area contributed by atoms with Crippen LogP contribution < -0.4 is 10.1 Å². The average molecular weight is 339 g/mol. The molecule has 0 unspecified atom stereocenters. The molecule has 0 aromatic heterocycles. The summed E-state index contributed by atoms with van der Waals surface area (Å²) in [6, 6.07) is 6.22. The summed E-state index contributed by atoms with van der Waals surface area (Å²) in [7, 11) is 1.58. The van der Waals surface area contributed by atoms with Gasteiger partial charge in [-0.2, -0.15) is 0 Å². The zero-order valence-electron chi connectivity index (χ0n) is 13.4. The van der Waals surface area contributed by atoms with Gasteiger partial charge in [0, 0.05) is 12.5 Å². The van der Waals surface area contributed by atoms with Crippen molar-refractivity contribution in [2.24, 2.45) is 0 Å². The fourth-order valence-electron chi connectivity index (χ4n) is 2.93. The molecule has 24 heavy (non-hydrogen) atoms. The Balaban J connectivity index is 1.73. The molecule has 8 nitrogen and oxygen atoms in total. The molecule has 1 aromatic rings. The molecule has 2 aliphatic heterocycles.